The number of benzene rings is 2. The Morgan fingerprint density at radius 3 is 2.17 bits per heavy atom. The molecule has 0 spiro atoms. The summed E-state index contributed by atoms with van der Waals surface area (Å²) in [6, 6.07) is 9.62. The Morgan fingerprint density at radius 1 is 0.966 bits per heavy atom. The summed E-state index contributed by atoms with van der Waals surface area (Å²) < 4.78 is 46.9. The molecule has 0 aliphatic heterocycles. The lowest BCUT2D eigenvalue weighted by molar-refractivity contribution is -0.185. The zero-order chi connectivity index (χ0) is 20.9. The molecule has 1 aliphatic carbocycles. The molecule has 158 valence electrons. The van der Waals surface area contributed by atoms with Crippen LogP contribution in [0.15, 0.2) is 42.5 Å². The summed E-state index contributed by atoms with van der Waals surface area (Å²) in [7, 11) is 0. The van der Waals surface area contributed by atoms with E-state index in [0.717, 1.165) is 42.4 Å². The van der Waals surface area contributed by atoms with Gasteiger partial charge >= 0.3 is 6.11 Å². The monoisotopic (exact) mass is 424 g/mol. The maximum absolute atomic E-state index is 14.3. The normalized spacial score (nSPS) is 19.9. The highest BCUT2D eigenvalue weighted by Gasteiger charge is 2.35. The van der Waals surface area contributed by atoms with Crippen molar-refractivity contribution in [2.45, 2.75) is 64.4 Å². The second-order valence-electron chi connectivity index (χ2n) is 8.11. The van der Waals surface area contributed by atoms with Gasteiger partial charge < -0.3 is 4.74 Å². The minimum atomic E-state index is -3.63. The van der Waals surface area contributed by atoms with Gasteiger partial charge in [0.05, 0.1) is 10.6 Å². The predicted octanol–water partition coefficient (Wildman–Crippen LogP) is 8.15. The smallest absolute Gasteiger partial charge is 0.426 e. The lowest BCUT2D eigenvalue weighted by Gasteiger charge is -2.28. The summed E-state index contributed by atoms with van der Waals surface area (Å²) >= 11 is 5.55. The van der Waals surface area contributed by atoms with Gasteiger partial charge in [0, 0.05) is 0 Å². The molecule has 1 fully saturated rings. The van der Waals surface area contributed by atoms with Crippen molar-refractivity contribution < 1.29 is 17.9 Å². The van der Waals surface area contributed by atoms with E-state index in [1.54, 1.807) is 12.1 Å². The van der Waals surface area contributed by atoms with E-state index in [0.29, 0.717) is 6.07 Å². The molecular weight excluding hydrogens is 397 g/mol. The van der Waals surface area contributed by atoms with Crippen LogP contribution in [0.2, 0.25) is 5.02 Å². The van der Waals surface area contributed by atoms with Gasteiger partial charge in [-0.3, -0.25) is 0 Å². The Morgan fingerprint density at radius 2 is 1.59 bits per heavy atom. The van der Waals surface area contributed by atoms with Gasteiger partial charge in [-0.05, 0) is 60.6 Å². The van der Waals surface area contributed by atoms with Gasteiger partial charge in [0.15, 0.2) is 0 Å². The van der Waals surface area contributed by atoms with E-state index in [1.807, 2.05) is 12.1 Å². The summed E-state index contributed by atoms with van der Waals surface area (Å²) in [6.07, 6.45) is 6.35. The summed E-state index contributed by atoms with van der Waals surface area (Å²) in [4.78, 5) is 0. The maximum Gasteiger partial charge on any atom is 0.426 e. The molecule has 0 radical (unpaired) electrons. The van der Waals surface area contributed by atoms with Crippen LogP contribution in [-0.4, -0.2) is 0 Å². The number of ether oxygens (including phenoxy) is 1. The van der Waals surface area contributed by atoms with Gasteiger partial charge in [0.25, 0.3) is 0 Å². The summed E-state index contributed by atoms with van der Waals surface area (Å²) in [6.45, 7) is 2.25. The topological polar surface area (TPSA) is 9.23 Å². The van der Waals surface area contributed by atoms with Crippen molar-refractivity contribution in [1.82, 2.24) is 0 Å². The average molecular weight is 425 g/mol. The van der Waals surface area contributed by atoms with Crippen molar-refractivity contribution in [3.8, 4) is 5.75 Å². The largest absolute Gasteiger partial charge is 0.429 e. The molecule has 2 aromatic rings. The van der Waals surface area contributed by atoms with Gasteiger partial charge in [0.2, 0.25) is 0 Å². The Hall–Kier alpha value is -1.68. The van der Waals surface area contributed by atoms with Crippen LogP contribution in [0.25, 0.3) is 0 Å². The van der Waals surface area contributed by atoms with Crippen LogP contribution >= 0.6 is 11.6 Å². The number of alkyl halides is 2. The second-order valence-corrected chi connectivity index (χ2v) is 8.51. The van der Waals surface area contributed by atoms with Crippen LogP contribution in [0.3, 0.4) is 0 Å². The Kier molecular flexibility index (Phi) is 7.50. The van der Waals surface area contributed by atoms with E-state index in [-0.39, 0.29) is 10.8 Å². The molecule has 0 bridgehead atoms. The molecular formula is C24H28ClF3O. The van der Waals surface area contributed by atoms with Crippen LogP contribution < -0.4 is 4.74 Å². The first-order valence-electron chi connectivity index (χ1n) is 10.5. The number of halogens is 4. The van der Waals surface area contributed by atoms with Crippen molar-refractivity contribution in [1.29, 1.82) is 0 Å². The molecule has 0 unspecified atom stereocenters. The summed E-state index contributed by atoms with van der Waals surface area (Å²) in [5, 5.41) is -0.201. The SMILES string of the molecule is CCCC1CCC(CCc2ccc(OC(F)(F)c3ccc(Cl)c(F)c3)cc2)CC1. The van der Waals surface area contributed by atoms with Crippen LogP contribution in [0.5, 0.6) is 5.75 Å². The van der Waals surface area contributed by atoms with Crippen molar-refractivity contribution in [3.05, 3.63) is 64.4 Å². The van der Waals surface area contributed by atoms with Crippen molar-refractivity contribution in [3.63, 3.8) is 0 Å². The van der Waals surface area contributed by atoms with E-state index in [4.69, 9.17) is 16.3 Å². The zero-order valence-electron chi connectivity index (χ0n) is 16.8. The van der Waals surface area contributed by atoms with E-state index in [9.17, 15) is 13.2 Å². The minimum absolute atomic E-state index is 0.0502. The quantitative estimate of drug-likeness (QED) is 0.415. The molecule has 0 saturated heterocycles. The minimum Gasteiger partial charge on any atom is -0.429 e. The van der Waals surface area contributed by atoms with E-state index < -0.39 is 17.5 Å². The van der Waals surface area contributed by atoms with Crippen LogP contribution in [0.1, 0.15) is 63.0 Å². The van der Waals surface area contributed by atoms with Gasteiger partial charge in [-0.25, -0.2) is 4.39 Å². The number of hydrogen-bond acceptors (Lipinski definition) is 1. The highest BCUT2D eigenvalue weighted by Crippen LogP contribution is 2.35. The Bertz CT molecular complexity index is 783. The fourth-order valence-electron chi connectivity index (χ4n) is 4.20. The lowest BCUT2D eigenvalue weighted by Crippen LogP contribution is -2.22. The molecule has 1 nitrogen and oxygen atoms in total. The second kappa shape index (κ2) is 9.88. The van der Waals surface area contributed by atoms with Crippen molar-refractivity contribution in [2.24, 2.45) is 11.8 Å². The van der Waals surface area contributed by atoms with E-state index in [2.05, 4.69) is 6.92 Å². The first-order valence-corrected chi connectivity index (χ1v) is 10.9. The molecule has 3 rings (SSSR count). The maximum atomic E-state index is 14.3. The molecule has 0 aromatic heterocycles. The lowest BCUT2D eigenvalue weighted by atomic mass is 9.78. The third kappa shape index (κ3) is 6.15. The van der Waals surface area contributed by atoms with Crippen molar-refractivity contribution >= 4 is 11.6 Å². The Balaban J connectivity index is 1.51. The van der Waals surface area contributed by atoms with E-state index >= 15 is 0 Å². The summed E-state index contributed by atoms with van der Waals surface area (Å²) in [5.41, 5.74) is 0.552. The molecule has 5 heteroatoms. The highest BCUT2D eigenvalue weighted by atomic mass is 35.5. The molecule has 1 saturated carbocycles. The zero-order valence-corrected chi connectivity index (χ0v) is 17.5. The van der Waals surface area contributed by atoms with Gasteiger partial charge in [-0.1, -0.05) is 69.2 Å². The van der Waals surface area contributed by atoms with E-state index in [1.165, 1.54) is 38.5 Å². The van der Waals surface area contributed by atoms with Gasteiger partial charge in [-0.2, -0.15) is 8.78 Å². The fraction of sp³-hybridized carbons (Fsp3) is 0.500. The standard InChI is InChI=1S/C24H28ClF3O/c1-2-3-17-4-6-18(7-5-17)8-9-19-10-13-21(14-11-19)29-24(27,28)20-12-15-22(25)23(26)16-20/h10-18H,2-9H2,1H3. The summed E-state index contributed by atoms with van der Waals surface area (Å²) in [5.74, 6) is 0.826. The Labute approximate surface area is 176 Å². The fourth-order valence-corrected chi connectivity index (χ4v) is 4.31. The van der Waals surface area contributed by atoms with Crippen molar-refractivity contribution in [2.75, 3.05) is 0 Å². The third-order valence-electron chi connectivity index (χ3n) is 5.93. The van der Waals surface area contributed by atoms with Crippen LogP contribution in [0, 0.1) is 17.7 Å². The third-order valence-corrected chi connectivity index (χ3v) is 6.24. The highest BCUT2D eigenvalue weighted by molar-refractivity contribution is 6.30. The number of aryl methyl sites for hydroxylation is 1. The van der Waals surface area contributed by atoms with Crippen LogP contribution in [-0.2, 0) is 12.5 Å². The molecule has 0 atom stereocenters. The predicted molar refractivity (Wildman–Crippen MR) is 111 cm³/mol. The van der Waals surface area contributed by atoms with Crippen LogP contribution in [0.4, 0.5) is 13.2 Å². The molecule has 0 amide bonds. The first kappa shape index (κ1) is 22.0. The first-order chi connectivity index (χ1) is 13.9. The number of hydrogen-bond donors (Lipinski definition) is 0. The van der Waals surface area contributed by atoms with Gasteiger partial charge in [-0.15, -0.1) is 0 Å². The number of rotatable bonds is 8. The molecule has 2 aromatic carbocycles. The van der Waals surface area contributed by atoms with Gasteiger partial charge in [0.1, 0.15) is 11.6 Å². The molecule has 0 heterocycles. The molecule has 1 aliphatic rings. The average Bonchev–Trinajstić information content (AvgIpc) is 2.70. The molecule has 0 N–H and O–H groups in total. The molecule has 29 heavy (non-hydrogen) atoms.